The summed E-state index contributed by atoms with van der Waals surface area (Å²) < 4.78 is 9.64. The second-order valence-electron chi connectivity index (χ2n) is 12.8. The Balaban J connectivity index is 0.000000242. The number of hydrogen-bond donors (Lipinski definition) is 4. The summed E-state index contributed by atoms with van der Waals surface area (Å²) in [7, 11) is 7.81. The molecule has 0 aromatic heterocycles. The van der Waals surface area contributed by atoms with E-state index < -0.39 is 21.5 Å². The fraction of sp³-hybridized carbons (Fsp3) is 0.213. The number of aliphatic hydroxyl groups excluding tert-OH is 1. The number of carboxylic acid groups (broad SMARTS) is 1. The van der Waals surface area contributed by atoms with Crippen LogP contribution in [0, 0.1) is 0 Å². The minimum absolute atomic E-state index is 0.0325. The normalized spacial score (nSPS) is 12.1. The monoisotopic (exact) mass is 798 g/mol. The number of hydrogen-bond acceptors (Lipinski definition) is 8. The van der Waals surface area contributed by atoms with E-state index >= 15 is 0 Å². The van der Waals surface area contributed by atoms with Gasteiger partial charge in [0.1, 0.15) is 17.5 Å². The molecule has 2 atom stereocenters. The summed E-state index contributed by atoms with van der Waals surface area (Å²) in [5, 5.41) is 18.8. The fourth-order valence-corrected chi connectivity index (χ4v) is 9.37. The van der Waals surface area contributed by atoms with E-state index in [4.69, 9.17) is 20.9 Å². The van der Waals surface area contributed by atoms with Crippen molar-refractivity contribution in [3.8, 4) is 11.5 Å². The van der Waals surface area contributed by atoms with Crippen molar-refractivity contribution in [3.05, 3.63) is 203 Å². The SMILES string of the molecule is COc1ccc(C(SC[C@H](N)C(=O)O)(c2ccccc2)c2ccccc2)cc1.COc1ccc(C(SC[C@H](N)CO)(c2ccccc2)c2ccccc2)cc1.[B]C. The molecule has 7 nitrogen and oxygen atoms in total. The summed E-state index contributed by atoms with van der Waals surface area (Å²) in [5.74, 6) is 1.49. The number of benzene rings is 6. The van der Waals surface area contributed by atoms with Gasteiger partial charge in [0.25, 0.3) is 0 Å². The molecule has 0 aliphatic carbocycles. The van der Waals surface area contributed by atoms with Crippen LogP contribution >= 0.6 is 23.5 Å². The number of aliphatic carboxylic acids is 1. The molecule has 2 radical (unpaired) electrons. The molecule has 294 valence electrons. The lowest BCUT2D eigenvalue weighted by atomic mass is 9.84. The largest absolute Gasteiger partial charge is 0.497 e. The third kappa shape index (κ3) is 11.1. The number of rotatable bonds is 16. The van der Waals surface area contributed by atoms with Crippen molar-refractivity contribution in [3.63, 3.8) is 0 Å². The van der Waals surface area contributed by atoms with Gasteiger partial charge in [0.2, 0.25) is 0 Å². The molecule has 6 N–H and O–H groups in total. The molecule has 0 bridgehead atoms. The van der Waals surface area contributed by atoms with Gasteiger partial charge in [-0.1, -0.05) is 152 Å². The van der Waals surface area contributed by atoms with Crippen LogP contribution in [0.25, 0.3) is 0 Å². The highest BCUT2D eigenvalue weighted by atomic mass is 32.2. The predicted octanol–water partition coefficient (Wildman–Crippen LogP) is 8.38. The molecule has 0 fully saturated rings. The average molecular weight is 799 g/mol. The van der Waals surface area contributed by atoms with Gasteiger partial charge < -0.3 is 31.2 Å². The lowest BCUT2D eigenvalue weighted by molar-refractivity contribution is -0.137. The Labute approximate surface area is 347 Å². The first-order valence-corrected chi connectivity index (χ1v) is 20.5. The second-order valence-corrected chi connectivity index (χ2v) is 15.3. The van der Waals surface area contributed by atoms with Gasteiger partial charge in [-0.2, -0.15) is 0 Å². The van der Waals surface area contributed by atoms with Crippen LogP contribution in [0.2, 0.25) is 6.82 Å². The van der Waals surface area contributed by atoms with Crippen LogP contribution in [0.1, 0.15) is 33.4 Å². The summed E-state index contributed by atoms with van der Waals surface area (Å²) >= 11 is 3.28. The van der Waals surface area contributed by atoms with Gasteiger partial charge >= 0.3 is 5.97 Å². The number of thioether (sulfide) groups is 2. The molecule has 10 heteroatoms. The van der Waals surface area contributed by atoms with Crippen molar-refractivity contribution in [2.45, 2.75) is 28.4 Å². The third-order valence-electron chi connectivity index (χ3n) is 9.26. The summed E-state index contributed by atoms with van der Waals surface area (Å²) in [5.41, 5.74) is 18.6. The maximum absolute atomic E-state index is 11.4. The molecule has 0 unspecified atom stereocenters. The molecule has 0 spiro atoms. The zero-order valence-electron chi connectivity index (χ0n) is 32.6. The van der Waals surface area contributed by atoms with Crippen molar-refractivity contribution < 1.29 is 24.5 Å². The maximum atomic E-state index is 11.4. The predicted molar refractivity (Wildman–Crippen MR) is 239 cm³/mol. The van der Waals surface area contributed by atoms with Crippen LogP contribution in [0.5, 0.6) is 11.5 Å². The molecule has 0 saturated carbocycles. The van der Waals surface area contributed by atoms with E-state index in [2.05, 4.69) is 92.8 Å². The molecule has 6 aromatic carbocycles. The molecule has 0 heterocycles. The zero-order valence-corrected chi connectivity index (χ0v) is 34.2. The maximum Gasteiger partial charge on any atom is 0.321 e. The van der Waals surface area contributed by atoms with Crippen LogP contribution in [0.4, 0.5) is 0 Å². The van der Waals surface area contributed by atoms with Crippen LogP contribution < -0.4 is 20.9 Å². The number of carbonyl (C=O) groups is 1. The standard InChI is InChI=1S/C23H23NO3S.C23H25NO2S.CH3B/c1-27-20-14-12-19(13-15-20)23(17-8-4-2-5-9-17,18-10-6-3-7-11-18)28-16-21(24)22(25)26;1-26-22-14-12-20(13-15-22)23(27-17-21(24)16-25,18-8-4-2-5-9-18)19-10-6-3-7-11-19;1-2/h2-15,21H,16,24H2,1H3,(H,25,26);2-15,21,25H,16-17,24H2,1H3;1H3/t2*21-;/m01./s1. The van der Waals surface area contributed by atoms with E-state index in [-0.39, 0.29) is 18.4 Å². The van der Waals surface area contributed by atoms with Gasteiger partial charge in [0.05, 0.1) is 38.2 Å². The van der Waals surface area contributed by atoms with E-state index in [1.54, 1.807) is 26.0 Å². The average Bonchev–Trinajstić information content (AvgIpc) is 3.29. The van der Waals surface area contributed by atoms with Crippen molar-refractivity contribution in [2.24, 2.45) is 11.5 Å². The Bertz CT molecular complexity index is 1950. The summed E-state index contributed by atoms with van der Waals surface area (Å²) in [6.45, 7) is 1.47. The van der Waals surface area contributed by atoms with Gasteiger partial charge in [0, 0.05) is 17.5 Å². The minimum atomic E-state index is -1.00. The number of methoxy groups -OCH3 is 2. The first-order valence-electron chi connectivity index (χ1n) is 18.5. The lowest BCUT2D eigenvalue weighted by Gasteiger charge is -2.36. The van der Waals surface area contributed by atoms with E-state index in [0.29, 0.717) is 5.75 Å². The molecule has 0 amide bonds. The van der Waals surface area contributed by atoms with E-state index in [0.717, 1.165) is 33.8 Å². The quantitative estimate of drug-likeness (QED) is 0.0564. The molecule has 57 heavy (non-hydrogen) atoms. The van der Waals surface area contributed by atoms with Crippen molar-refractivity contribution in [1.82, 2.24) is 0 Å². The third-order valence-corrected chi connectivity index (χ3v) is 12.7. The molecule has 6 aromatic rings. The zero-order chi connectivity index (χ0) is 41.1. The van der Waals surface area contributed by atoms with Crippen LogP contribution in [0.3, 0.4) is 0 Å². The number of carboxylic acids is 1. The first kappa shape index (κ1) is 44.7. The van der Waals surface area contributed by atoms with E-state index in [9.17, 15) is 15.0 Å². The number of aliphatic hydroxyl groups is 1. The Morgan fingerprint density at radius 2 is 0.825 bits per heavy atom. The van der Waals surface area contributed by atoms with E-state index in [1.165, 1.54) is 29.7 Å². The second kappa shape index (κ2) is 22.7. The lowest BCUT2D eigenvalue weighted by Crippen LogP contribution is -2.36. The summed E-state index contributed by atoms with van der Waals surface area (Å²) in [4.78, 5) is 11.4. The van der Waals surface area contributed by atoms with Gasteiger partial charge in [0.15, 0.2) is 0 Å². The Morgan fingerprint density at radius 1 is 0.544 bits per heavy atom. The molecule has 0 aliphatic rings. The highest BCUT2D eigenvalue weighted by Gasteiger charge is 2.39. The highest BCUT2D eigenvalue weighted by Crippen LogP contribution is 2.50. The van der Waals surface area contributed by atoms with Crippen LogP contribution in [-0.2, 0) is 14.3 Å². The van der Waals surface area contributed by atoms with Crippen molar-refractivity contribution in [2.75, 3.05) is 32.3 Å². The Morgan fingerprint density at radius 3 is 1.09 bits per heavy atom. The Hall–Kier alpha value is -4.97. The molecular weight excluding hydrogens is 747 g/mol. The van der Waals surface area contributed by atoms with E-state index in [1.807, 2.05) is 84.9 Å². The topological polar surface area (TPSA) is 128 Å². The minimum Gasteiger partial charge on any atom is -0.497 e. The first-order chi connectivity index (χ1) is 27.8. The summed E-state index contributed by atoms with van der Waals surface area (Å²) in [6, 6.07) is 55.9. The smallest absolute Gasteiger partial charge is 0.321 e. The van der Waals surface area contributed by atoms with Gasteiger partial charge in [-0.05, 0) is 57.6 Å². The van der Waals surface area contributed by atoms with Gasteiger partial charge in [-0.15, -0.1) is 23.5 Å². The molecule has 0 aliphatic heterocycles. The van der Waals surface area contributed by atoms with Crippen LogP contribution in [-0.4, -0.2) is 68.4 Å². The van der Waals surface area contributed by atoms with Crippen molar-refractivity contribution in [1.29, 1.82) is 0 Å². The number of ether oxygens (including phenoxy) is 2. The molecular formula is C47H51BN2O5S2. The van der Waals surface area contributed by atoms with Gasteiger partial charge in [-0.25, -0.2) is 0 Å². The molecule has 6 rings (SSSR count). The number of nitrogens with two attached hydrogens (primary N) is 2. The molecule has 0 saturated heterocycles. The summed E-state index contributed by atoms with van der Waals surface area (Å²) in [6.07, 6.45) is 0. The Kier molecular flexibility index (Phi) is 17.8. The van der Waals surface area contributed by atoms with Crippen molar-refractivity contribution >= 4 is 37.3 Å². The fourth-order valence-electron chi connectivity index (χ4n) is 6.41. The highest BCUT2D eigenvalue weighted by molar-refractivity contribution is 8.01. The van der Waals surface area contributed by atoms with Crippen LogP contribution in [0.15, 0.2) is 170 Å². The van der Waals surface area contributed by atoms with Gasteiger partial charge in [-0.3, -0.25) is 4.79 Å².